The van der Waals surface area contributed by atoms with Crippen molar-refractivity contribution in [2.24, 2.45) is 0 Å². The highest BCUT2D eigenvalue weighted by atomic mass is 127. The van der Waals surface area contributed by atoms with Crippen LogP contribution in [0.2, 0.25) is 0 Å². The van der Waals surface area contributed by atoms with Gasteiger partial charge in [-0.3, -0.25) is 4.79 Å². The summed E-state index contributed by atoms with van der Waals surface area (Å²) in [5.74, 6) is 0.922. The maximum atomic E-state index is 12.7. The van der Waals surface area contributed by atoms with Crippen LogP contribution in [0, 0.1) is 3.57 Å². The molecule has 0 bridgehead atoms. The lowest BCUT2D eigenvalue weighted by Gasteiger charge is -2.31. The number of fused-ring (bicyclic) bond motifs is 1. The maximum Gasteiger partial charge on any atom is 0.274 e. The zero-order valence-corrected chi connectivity index (χ0v) is 17.8. The summed E-state index contributed by atoms with van der Waals surface area (Å²) in [6.07, 6.45) is 1.72. The van der Waals surface area contributed by atoms with Gasteiger partial charge in [0.05, 0.1) is 22.9 Å². The molecule has 0 unspecified atom stereocenters. The Hall–Kier alpha value is -1.87. The molecule has 1 aliphatic heterocycles. The van der Waals surface area contributed by atoms with Crippen molar-refractivity contribution in [1.29, 1.82) is 0 Å². The number of aromatic nitrogens is 1. The fraction of sp³-hybridized carbons (Fsp3) is 0.300. The van der Waals surface area contributed by atoms with Crippen LogP contribution in [0.4, 0.5) is 0 Å². The quantitative estimate of drug-likeness (QED) is 0.498. The van der Waals surface area contributed by atoms with E-state index in [0.29, 0.717) is 18.3 Å². The van der Waals surface area contributed by atoms with Crippen molar-refractivity contribution >= 4 is 50.1 Å². The Morgan fingerprint density at radius 1 is 1.22 bits per heavy atom. The lowest BCUT2D eigenvalue weighted by atomic mass is 10.1. The van der Waals surface area contributed by atoms with E-state index in [0.717, 1.165) is 37.9 Å². The van der Waals surface area contributed by atoms with Gasteiger partial charge in [0.1, 0.15) is 11.9 Å². The fourth-order valence-electron chi connectivity index (χ4n) is 3.19. The van der Waals surface area contributed by atoms with Crippen molar-refractivity contribution in [2.75, 3.05) is 20.2 Å². The number of likely N-dealkylation sites (tertiary alicyclic amines) is 1. The number of carbonyl (C=O) groups is 1. The molecule has 0 aliphatic carbocycles. The van der Waals surface area contributed by atoms with E-state index >= 15 is 0 Å². The first kappa shape index (κ1) is 18.5. The molecule has 3 aromatic rings. The van der Waals surface area contributed by atoms with E-state index in [1.54, 1.807) is 7.11 Å². The van der Waals surface area contributed by atoms with E-state index in [1.165, 1.54) is 11.3 Å². The molecule has 2 aromatic carbocycles. The van der Waals surface area contributed by atoms with Crippen LogP contribution in [0.15, 0.2) is 42.5 Å². The molecule has 27 heavy (non-hydrogen) atoms. The Labute approximate surface area is 175 Å². The smallest absolute Gasteiger partial charge is 0.274 e. The summed E-state index contributed by atoms with van der Waals surface area (Å²) in [5.41, 5.74) is 1.69. The summed E-state index contributed by atoms with van der Waals surface area (Å²) in [6.45, 7) is 1.40. The molecular formula is C20H19IN2O3S. The van der Waals surface area contributed by atoms with Crippen LogP contribution < -0.4 is 9.47 Å². The van der Waals surface area contributed by atoms with Crippen molar-refractivity contribution < 1.29 is 14.3 Å². The summed E-state index contributed by atoms with van der Waals surface area (Å²) in [4.78, 5) is 19.2. The highest BCUT2D eigenvalue weighted by molar-refractivity contribution is 14.1. The lowest BCUT2D eigenvalue weighted by molar-refractivity contribution is 0.0594. The second-order valence-corrected chi connectivity index (χ2v) is 8.56. The number of carbonyl (C=O) groups excluding carboxylic acids is 1. The minimum Gasteiger partial charge on any atom is -0.497 e. The monoisotopic (exact) mass is 494 g/mol. The highest BCUT2D eigenvalue weighted by Gasteiger charge is 2.26. The van der Waals surface area contributed by atoms with Gasteiger partial charge < -0.3 is 14.4 Å². The zero-order chi connectivity index (χ0) is 18.8. The number of hydrogen-bond donors (Lipinski definition) is 0. The lowest BCUT2D eigenvalue weighted by Crippen LogP contribution is -2.42. The van der Waals surface area contributed by atoms with Crippen LogP contribution >= 0.6 is 33.9 Å². The van der Waals surface area contributed by atoms with E-state index in [1.807, 2.05) is 47.4 Å². The summed E-state index contributed by atoms with van der Waals surface area (Å²) in [6, 6.07) is 13.5. The molecule has 0 N–H and O–H groups in total. The third-order valence-corrected chi connectivity index (χ3v) is 6.53. The summed E-state index contributed by atoms with van der Waals surface area (Å²) in [7, 11) is 1.66. The van der Waals surface area contributed by atoms with E-state index in [4.69, 9.17) is 9.47 Å². The van der Waals surface area contributed by atoms with Gasteiger partial charge >= 0.3 is 0 Å². The molecule has 0 saturated carbocycles. The Morgan fingerprint density at radius 2 is 2.00 bits per heavy atom. The van der Waals surface area contributed by atoms with E-state index < -0.39 is 0 Å². The van der Waals surface area contributed by atoms with Crippen LogP contribution in [0.1, 0.15) is 23.2 Å². The van der Waals surface area contributed by atoms with Crippen LogP contribution in [0.5, 0.6) is 10.9 Å². The van der Waals surface area contributed by atoms with Crippen LogP contribution in [0.25, 0.3) is 10.2 Å². The average Bonchev–Trinajstić information content (AvgIpc) is 3.09. The van der Waals surface area contributed by atoms with Gasteiger partial charge in [-0.1, -0.05) is 23.5 Å². The van der Waals surface area contributed by atoms with Gasteiger partial charge in [0.25, 0.3) is 11.1 Å². The largest absolute Gasteiger partial charge is 0.497 e. The Morgan fingerprint density at radius 3 is 2.74 bits per heavy atom. The number of halogens is 1. The molecule has 2 heterocycles. The molecule has 7 heteroatoms. The Balaban J connectivity index is 1.38. The van der Waals surface area contributed by atoms with Gasteiger partial charge in [-0.15, -0.1) is 0 Å². The number of rotatable bonds is 4. The minimum absolute atomic E-state index is 0.0892. The number of hydrogen-bond acceptors (Lipinski definition) is 5. The molecule has 0 radical (unpaired) electrons. The fourth-order valence-corrected chi connectivity index (χ4v) is 4.71. The topological polar surface area (TPSA) is 51.7 Å². The second kappa shape index (κ2) is 8.02. The first-order valence-electron chi connectivity index (χ1n) is 8.79. The maximum absolute atomic E-state index is 12.7. The number of amides is 1. The summed E-state index contributed by atoms with van der Waals surface area (Å²) in [5, 5.41) is 0.681. The normalized spacial score (nSPS) is 15.1. The van der Waals surface area contributed by atoms with E-state index in [2.05, 4.69) is 27.6 Å². The third-order valence-electron chi connectivity index (χ3n) is 4.68. The third kappa shape index (κ3) is 4.03. The van der Waals surface area contributed by atoms with Gasteiger partial charge in [0.15, 0.2) is 0 Å². The molecule has 1 saturated heterocycles. The van der Waals surface area contributed by atoms with Crippen molar-refractivity contribution in [3.8, 4) is 10.9 Å². The average molecular weight is 494 g/mol. The molecule has 1 aromatic heterocycles. The van der Waals surface area contributed by atoms with Gasteiger partial charge in [0, 0.05) is 29.5 Å². The Bertz CT molecular complexity index is 967. The van der Waals surface area contributed by atoms with Gasteiger partial charge in [-0.25, -0.2) is 4.98 Å². The number of methoxy groups -OCH3 is 1. The standard InChI is InChI=1S/C20H19IN2O3S/c1-25-14-6-7-17-18(12-14)27-20(22-17)26-13-8-10-23(11-9-13)19(24)15-4-2-3-5-16(15)21/h2-7,12-13H,8-11H2,1H3. The van der Waals surface area contributed by atoms with Gasteiger partial charge in [-0.05, 0) is 52.9 Å². The van der Waals surface area contributed by atoms with Crippen molar-refractivity contribution in [3.63, 3.8) is 0 Å². The van der Waals surface area contributed by atoms with Crippen molar-refractivity contribution in [2.45, 2.75) is 18.9 Å². The molecule has 0 spiro atoms. The number of piperidine rings is 1. The molecule has 140 valence electrons. The molecule has 1 aliphatic rings. The number of thiazole rings is 1. The minimum atomic E-state index is 0.0892. The summed E-state index contributed by atoms with van der Waals surface area (Å²) >= 11 is 3.75. The van der Waals surface area contributed by atoms with Crippen LogP contribution in [0.3, 0.4) is 0 Å². The van der Waals surface area contributed by atoms with Crippen LogP contribution in [-0.4, -0.2) is 42.1 Å². The van der Waals surface area contributed by atoms with E-state index in [-0.39, 0.29) is 12.0 Å². The molecular weight excluding hydrogens is 475 g/mol. The summed E-state index contributed by atoms with van der Waals surface area (Å²) < 4.78 is 13.4. The van der Waals surface area contributed by atoms with Gasteiger partial charge in [0.2, 0.25) is 0 Å². The van der Waals surface area contributed by atoms with Crippen LogP contribution in [-0.2, 0) is 0 Å². The zero-order valence-electron chi connectivity index (χ0n) is 14.9. The number of benzene rings is 2. The van der Waals surface area contributed by atoms with E-state index in [9.17, 15) is 4.79 Å². The first-order chi connectivity index (χ1) is 13.1. The Kier molecular flexibility index (Phi) is 5.49. The number of ether oxygens (including phenoxy) is 2. The SMILES string of the molecule is COc1ccc2nc(OC3CCN(C(=O)c4ccccc4I)CC3)sc2c1. The molecule has 1 fully saturated rings. The van der Waals surface area contributed by atoms with Crippen molar-refractivity contribution in [1.82, 2.24) is 9.88 Å². The molecule has 0 atom stereocenters. The van der Waals surface area contributed by atoms with Gasteiger partial charge in [-0.2, -0.15) is 0 Å². The first-order valence-corrected chi connectivity index (χ1v) is 10.7. The van der Waals surface area contributed by atoms with Crippen molar-refractivity contribution in [3.05, 3.63) is 51.6 Å². The molecule has 1 amide bonds. The number of nitrogens with zero attached hydrogens (tertiary/aromatic N) is 2. The predicted octanol–water partition coefficient (Wildman–Crippen LogP) is 4.59. The highest BCUT2D eigenvalue weighted by Crippen LogP contribution is 2.32. The second-order valence-electron chi connectivity index (χ2n) is 6.40. The predicted molar refractivity (Wildman–Crippen MR) is 115 cm³/mol. The molecule has 5 nitrogen and oxygen atoms in total. The molecule has 4 rings (SSSR count).